The largest absolute Gasteiger partial charge is 0.474 e. The second kappa shape index (κ2) is 9.18. The Bertz CT molecular complexity index is 1490. The van der Waals surface area contributed by atoms with Crippen LogP contribution in [-0.2, 0) is 5.54 Å². The van der Waals surface area contributed by atoms with Crippen LogP contribution in [0.5, 0.6) is 5.88 Å². The van der Waals surface area contributed by atoms with Crippen LogP contribution in [0.15, 0.2) is 61.1 Å². The number of piperidine rings is 1. The summed E-state index contributed by atoms with van der Waals surface area (Å²) in [6.07, 6.45) is 5.01. The fourth-order valence-corrected chi connectivity index (χ4v) is 5.14. The van der Waals surface area contributed by atoms with Crippen molar-refractivity contribution in [1.29, 1.82) is 0 Å². The van der Waals surface area contributed by atoms with Crippen LogP contribution in [0.4, 0.5) is 0 Å². The van der Waals surface area contributed by atoms with Crippen LogP contribution in [0, 0.1) is 18.8 Å². The number of ether oxygens (including phenoxy) is 1. The molecule has 3 aromatic heterocycles. The summed E-state index contributed by atoms with van der Waals surface area (Å²) in [4.78, 5) is 28.3. The van der Waals surface area contributed by atoms with Crippen molar-refractivity contribution < 1.29 is 9.53 Å². The van der Waals surface area contributed by atoms with Gasteiger partial charge in [-0.1, -0.05) is 23.7 Å². The molecule has 0 bridgehead atoms. The van der Waals surface area contributed by atoms with Gasteiger partial charge in [0, 0.05) is 65.7 Å². The van der Waals surface area contributed by atoms with Crippen molar-refractivity contribution >= 4 is 17.5 Å². The van der Waals surface area contributed by atoms with E-state index in [0.29, 0.717) is 41.2 Å². The lowest BCUT2D eigenvalue weighted by Gasteiger charge is -2.22. The van der Waals surface area contributed by atoms with Crippen molar-refractivity contribution in [2.24, 2.45) is 17.6 Å². The van der Waals surface area contributed by atoms with Gasteiger partial charge < -0.3 is 15.4 Å². The lowest BCUT2D eigenvalue weighted by atomic mass is 9.95. The normalized spacial score (nSPS) is 20.3. The third-order valence-electron chi connectivity index (χ3n) is 7.23. The van der Waals surface area contributed by atoms with E-state index in [1.807, 2.05) is 62.1 Å². The van der Waals surface area contributed by atoms with Crippen LogP contribution >= 0.6 is 11.6 Å². The van der Waals surface area contributed by atoms with Crippen LogP contribution in [0.2, 0.25) is 5.02 Å². The topological polar surface area (TPSA) is 112 Å². The molecule has 3 atom stereocenters. The van der Waals surface area contributed by atoms with Gasteiger partial charge in [0.25, 0.3) is 5.91 Å². The van der Waals surface area contributed by atoms with E-state index in [0.717, 1.165) is 16.8 Å². The molecule has 1 aromatic carbocycles. The fraction of sp³-hybridized carbons (Fsp3) is 0.321. The molecule has 1 amide bonds. The first-order valence-corrected chi connectivity index (χ1v) is 12.9. The molecule has 9 nitrogen and oxygen atoms in total. The quantitative estimate of drug-likeness (QED) is 0.401. The number of amides is 1. The summed E-state index contributed by atoms with van der Waals surface area (Å²) in [5.74, 6) is 1.47. The minimum atomic E-state index is -0.558. The second-order valence-corrected chi connectivity index (χ2v) is 11.0. The van der Waals surface area contributed by atoms with Gasteiger partial charge in [-0.05, 0) is 50.6 Å². The van der Waals surface area contributed by atoms with Crippen molar-refractivity contribution in [2.45, 2.75) is 32.4 Å². The van der Waals surface area contributed by atoms with E-state index in [2.05, 4.69) is 15.1 Å². The summed E-state index contributed by atoms with van der Waals surface area (Å²) in [6.45, 7) is 7.01. The molecule has 2 aliphatic rings. The average Bonchev–Trinajstić information content (AvgIpc) is 3.22. The Kier molecular flexibility index (Phi) is 5.92. The van der Waals surface area contributed by atoms with E-state index in [-0.39, 0.29) is 23.8 Å². The highest BCUT2D eigenvalue weighted by atomic mass is 35.5. The van der Waals surface area contributed by atoms with E-state index < -0.39 is 5.54 Å². The summed E-state index contributed by atoms with van der Waals surface area (Å²) in [7, 11) is 0. The number of likely N-dealkylation sites (tertiary alicyclic amines) is 1. The Morgan fingerprint density at radius 3 is 2.45 bits per heavy atom. The number of carbonyl (C=O) groups excluding carboxylic acids is 1. The molecule has 2 N–H and O–H groups in total. The maximum atomic E-state index is 13.3. The minimum Gasteiger partial charge on any atom is -0.474 e. The second-order valence-electron chi connectivity index (χ2n) is 10.5. The average molecular weight is 530 g/mol. The number of nitrogens with two attached hydrogens (primary N) is 1. The molecule has 1 saturated heterocycles. The lowest BCUT2D eigenvalue weighted by molar-refractivity contribution is 0.0751. The van der Waals surface area contributed by atoms with Crippen molar-refractivity contribution in [2.75, 3.05) is 13.1 Å². The van der Waals surface area contributed by atoms with E-state index in [1.165, 1.54) is 0 Å². The molecule has 1 unspecified atom stereocenters. The third kappa shape index (κ3) is 4.63. The predicted octanol–water partition coefficient (Wildman–Crippen LogP) is 4.03. The van der Waals surface area contributed by atoms with Gasteiger partial charge in [0.2, 0.25) is 11.8 Å². The number of fused-ring (bicyclic) bond motifs is 1. The number of hydrogen-bond acceptors (Lipinski definition) is 7. The summed E-state index contributed by atoms with van der Waals surface area (Å²) in [5, 5.41) is 5.10. The molecule has 6 rings (SSSR count). The SMILES string of the molecule is Cc1nn(-c2ncccn2)cc1C(=O)N1C[C@@H]2C(Oc3cc(C(C)(C)N)cc(-c4ccc(Cl)cc4)n3)[C@@H]2C1. The Morgan fingerprint density at radius 1 is 1.11 bits per heavy atom. The van der Waals surface area contributed by atoms with Gasteiger partial charge in [-0.3, -0.25) is 4.79 Å². The Hall–Kier alpha value is -3.82. The smallest absolute Gasteiger partial charge is 0.257 e. The number of aryl methyl sites for hydroxylation is 1. The summed E-state index contributed by atoms with van der Waals surface area (Å²) >= 11 is 6.07. The standard InChI is InChI=1S/C28H28ClN7O2/c1-16-20(15-36(34-16)27-31-9-4-10-32-27)26(37)35-13-21-22(14-35)25(21)38-24-12-18(28(2,3)30)11-23(33-24)17-5-7-19(29)8-6-17/h4-12,15,21-22,25H,13-14,30H2,1-3H3/t21-,22+,25?. The molecule has 1 saturated carbocycles. The zero-order chi connectivity index (χ0) is 26.6. The van der Waals surface area contributed by atoms with Crippen molar-refractivity contribution in [3.63, 3.8) is 0 Å². The Morgan fingerprint density at radius 2 is 1.79 bits per heavy atom. The van der Waals surface area contributed by atoms with Crippen LogP contribution in [0.25, 0.3) is 17.2 Å². The molecule has 2 fully saturated rings. The van der Waals surface area contributed by atoms with Gasteiger partial charge in [-0.25, -0.2) is 19.6 Å². The first-order chi connectivity index (χ1) is 18.2. The molecule has 194 valence electrons. The molecular formula is C28H28ClN7O2. The number of pyridine rings is 1. The van der Waals surface area contributed by atoms with Gasteiger partial charge in [-0.2, -0.15) is 5.10 Å². The molecule has 1 aliphatic carbocycles. The van der Waals surface area contributed by atoms with Gasteiger partial charge in [-0.15, -0.1) is 0 Å². The van der Waals surface area contributed by atoms with Gasteiger partial charge in [0.05, 0.1) is 17.0 Å². The number of benzene rings is 1. The number of nitrogens with zero attached hydrogens (tertiary/aromatic N) is 6. The molecule has 38 heavy (non-hydrogen) atoms. The zero-order valence-electron chi connectivity index (χ0n) is 21.4. The molecule has 10 heteroatoms. The number of aromatic nitrogens is 5. The van der Waals surface area contributed by atoms with Crippen LogP contribution in [0.3, 0.4) is 0 Å². The molecule has 1 aliphatic heterocycles. The van der Waals surface area contributed by atoms with Crippen molar-refractivity contribution in [3.8, 4) is 23.1 Å². The number of carbonyl (C=O) groups is 1. The third-order valence-corrected chi connectivity index (χ3v) is 7.48. The van der Waals surface area contributed by atoms with Crippen molar-refractivity contribution in [3.05, 3.63) is 82.9 Å². The fourth-order valence-electron chi connectivity index (χ4n) is 5.01. The molecule has 0 radical (unpaired) electrons. The van der Waals surface area contributed by atoms with Gasteiger partial charge in [0.1, 0.15) is 6.10 Å². The maximum absolute atomic E-state index is 13.3. The lowest BCUT2D eigenvalue weighted by Crippen LogP contribution is -2.33. The number of rotatable bonds is 6. The summed E-state index contributed by atoms with van der Waals surface area (Å²) < 4.78 is 7.91. The molecular weight excluding hydrogens is 502 g/mol. The highest BCUT2D eigenvalue weighted by Crippen LogP contribution is 2.48. The number of hydrogen-bond donors (Lipinski definition) is 1. The minimum absolute atomic E-state index is 0.0160. The first-order valence-electron chi connectivity index (χ1n) is 12.5. The highest BCUT2D eigenvalue weighted by molar-refractivity contribution is 6.30. The van der Waals surface area contributed by atoms with Gasteiger partial charge in [0.15, 0.2) is 0 Å². The predicted molar refractivity (Wildman–Crippen MR) is 143 cm³/mol. The van der Waals surface area contributed by atoms with E-state index in [4.69, 9.17) is 27.1 Å². The van der Waals surface area contributed by atoms with Gasteiger partial charge >= 0.3 is 0 Å². The van der Waals surface area contributed by atoms with E-state index in [9.17, 15) is 4.79 Å². The van der Waals surface area contributed by atoms with Crippen LogP contribution < -0.4 is 10.5 Å². The molecule has 4 aromatic rings. The Labute approximate surface area is 225 Å². The zero-order valence-corrected chi connectivity index (χ0v) is 22.1. The van der Waals surface area contributed by atoms with Crippen LogP contribution in [-0.4, -0.2) is 54.7 Å². The van der Waals surface area contributed by atoms with Crippen molar-refractivity contribution in [1.82, 2.24) is 29.6 Å². The van der Waals surface area contributed by atoms with Crippen LogP contribution in [0.1, 0.15) is 35.5 Å². The van der Waals surface area contributed by atoms with E-state index >= 15 is 0 Å². The maximum Gasteiger partial charge on any atom is 0.257 e. The number of halogens is 1. The van der Waals surface area contributed by atoms with E-state index in [1.54, 1.807) is 29.3 Å². The highest BCUT2D eigenvalue weighted by Gasteiger charge is 2.59. The summed E-state index contributed by atoms with van der Waals surface area (Å²) in [5.41, 5.74) is 9.74. The monoisotopic (exact) mass is 529 g/mol. The Balaban J connectivity index is 1.16. The molecule has 0 spiro atoms. The molecule has 4 heterocycles. The summed E-state index contributed by atoms with van der Waals surface area (Å²) in [6, 6.07) is 13.2. The first kappa shape index (κ1) is 24.5.